The van der Waals surface area contributed by atoms with Gasteiger partial charge in [0.15, 0.2) is 5.82 Å². The largest absolute Gasteiger partial charge is 0.457 e. The minimum atomic E-state index is -0.502. The molecule has 1 aliphatic heterocycles. The van der Waals surface area contributed by atoms with Gasteiger partial charge in [-0.2, -0.15) is 0 Å². The highest BCUT2D eigenvalue weighted by molar-refractivity contribution is 7.26. The molecule has 2 aliphatic rings. The van der Waals surface area contributed by atoms with Crippen LogP contribution in [0.2, 0.25) is 0 Å². The molecule has 0 radical (unpaired) electrons. The Hall–Kier alpha value is -6.10. The third-order valence-corrected chi connectivity index (χ3v) is 11.5. The van der Waals surface area contributed by atoms with Gasteiger partial charge in [-0.25, -0.2) is 9.97 Å². The number of aromatic nitrogens is 2. The highest BCUT2D eigenvalue weighted by atomic mass is 32.1. The molecule has 0 saturated carbocycles. The molecule has 0 spiro atoms. The molecule has 0 amide bonds. The molecule has 3 heterocycles. The second-order valence-electron chi connectivity index (χ2n) is 12.9. The lowest BCUT2D eigenvalue weighted by molar-refractivity contribution is 0.438. The van der Waals surface area contributed by atoms with E-state index in [0.717, 1.165) is 49.5 Å². The number of hydrogen-bond donors (Lipinski definition) is 0. The van der Waals surface area contributed by atoms with Crippen LogP contribution < -0.4 is 4.74 Å². The molecular weight excluding hydrogens is 617 g/mol. The number of benzene rings is 7. The van der Waals surface area contributed by atoms with Crippen molar-refractivity contribution < 1.29 is 4.74 Å². The van der Waals surface area contributed by atoms with Crippen molar-refractivity contribution >= 4 is 42.4 Å². The van der Waals surface area contributed by atoms with E-state index in [9.17, 15) is 0 Å². The Morgan fingerprint density at radius 3 is 2.20 bits per heavy atom. The first-order valence-electron chi connectivity index (χ1n) is 16.6. The Labute approximate surface area is 286 Å². The van der Waals surface area contributed by atoms with Gasteiger partial charge < -0.3 is 4.74 Å². The normalized spacial score (nSPS) is 15.6. The minimum Gasteiger partial charge on any atom is -0.457 e. The molecule has 228 valence electrons. The fourth-order valence-electron chi connectivity index (χ4n) is 8.34. The van der Waals surface area contributed by atoms with Crippen LogP contribution in [0.15, 0.2) is 158 Å². The van der Waals surface area contributed by atoms with Crippen molar-refractivity contribution in [2.75, 3.05) is 0 Å². The summed E-state index contributed by atoms with van der Waals surface area (Å²) >= 11 is 1.76. The first kappa shape index (κ1) is 26.9. The van der Waals surface area contributed by atoms with E-state index < -0.39 is 5.41 Å². The number of nitrogens with zero attached hydrogens (tertiary/aromatic N) is 2. The lowest BCUT2D eigenvalue weighted by Gasteiger charge is -2.39. The molecule has 9 aromatic rings. The molecule has 0 bridgehead atoms. The van der Waals surface area contributed by atoms with E-state index in [1.807, 2.05) is 0 Å². The Morgan fingerprint density at radius 1 is 0.531 bits per heavy atom. The van der Waals surface area contributed by atoms with Gasteiger partial charge in [-0.1, -0.05) is 140 Å². The third kappa shape index (κ3) is 3.61. The molecule has 0 saturated heterocycles. The van der Waals surface area contributed by atoms with Crippen molar-refractivity contribution in [2.45, 2.75) is 5.41 Å². The lowest BCUT2D eigenvalue weighted by atomic mass is 9.66. The maximum atomic E-state index is 6.87. The smallest absolute Gasteiger partial charge is 0.160 e. The SMILES string of the molecule is c1ccc(C23c4ccc(-c5nc(-c6cccc7ccccc67)c6sc7ccccc7c6n5)cc4Oc4cccc(c42)-c2ccccc23)cc1. The molecule has 0 N–H and O–H groups in total. The van der Waals surface area contributed by atoms with Crippen LogP contribution in [-0.4, -0.2) is 9.97 Å². The number of fused-ring (bicyclic) bond motifs is 9. The van der Waals surface area contributed by atoms with Gasteiger partial charge in [-0.15, -0.1) is 11.3 Å². The first-order valence-corrected chi connectivity index (χ1v) is 17.4. The Bertz CT molecular complexity index is 2810. The third-order valence-electron chi connectivity index (χ3n) is 10.4. The fraction of sp³-hybridized carbons (Fsp3) is 0.0222. The zero-order valence-corrected chi connectivity index (χ0v) is 27.0. The molecule has 0 fully saturated rings. The van der Waals surface area contributed by atoms with E-state index in [2.05, 4.69) is 158 Å². The van der Waals surface area contributed by atoms with E-state index >= 15 is 0 Å². The van der Waals surface area contributed by atoms with Gasteiger partial charge in [0.25, 0.3) is 0 Å². The molecule has 49 heavy (non-hydrogen) atoms. The maximum absolute atomic E-state index is 6.87. The molecule has 3 nitrogen and oxygen atoms in total. The predicted octanol–water partition coefficient (Wildman–Crippen LogP) is 11.8. The Morgan fingerprint density at radius 2 is 1.27 bits per heavy atom. The molecule has 1 atom stereocenters. The van der Waals surface area contributed by atoms with Crippen LogP contribution in [-0.2, 0) is 5.41 Å². The van der Waals surface area contributed by atoms with Crippen molar-refractivity contribution in [3.8, 4) is 45.3 Å². The van der Waals surface area contributed by atoms with Crippen LogP contribution in [0.1, 0.15) is 22.3 Å². The van der Waals surface area contributed by atoms with Crippen molar-refractivity contribution in [2.24, 2.45) is 0 Å². The molecular formula is C45H26N2OS. The van der Waals surface area contributed by atoms with Crippen LogP contribution >= 0.6 is 11.3 Å². The average Bonchev–Trinajstić information content (AvgIpc) is 3.70. The monoisotopic (exact) mass is 642 g/mol. The van der Waals surface area contributed by atoms with Gasteiger partial charge in [0.2, 0.25) is 0 Å². The zero-order valence-electron chi connectivity index (χ0n) is 26.2. The van der Waals surface area contributed by atoms with Crippen LogP contribution in [0.3, 0.4) is 0 Å². The summed E-state index contributed by atoms with van der Waals surface area (Å²) in [7, 11) is 0. The van der Waals surface area contributed by atoms with Gasteiger partial charge in [0.1, 0.15) is 11.5 Å². The summed E-state index contributed by atoms with van der Waals surface area (Å²) in [6, 6.07) is 56.3. The summed E-state index contributed by atoms with van der Waals surface area (Å²) in [6.07, 6.45) is 0. The van der Waals surface area contributed by atoms with Gasteiger partial charge in [-0.3, -0.25) is 0 Å². The highest BCUT2D eigenvalue weighted by Gasteiger charge is 2.51. The number of ether oxygens (including phenoxy) is 1. The summed E-state index contributed by atoms with van der Waals surface area (Å²) in [5, 5.41) is 3.52. The molecule has 1 unspecified atom stereocenters. The topological polar surface area (TPSA) is 35.0 Å². The molecule has 2 aromatic heterocycles. The molecule has 11 rings (SSSR count). The van der Waals surface area contributed by atoms with Crippen LogP contribution in [0.25, 0.3) is 64.8 Å². The van der Waals surface area contributed by atoms with E-state index in [4.69, 9.17) is 14.7 Å². The first-order chi connectivity index (χ1) is 24.3. The highest BCUT2D eigenvalue weighted by Crippen LogP contribution is 2.63. The number of hydrogen-bond acceptors (Lipinski definition) is 4. The molecule has 7 aromatic carbocycles. The van der Waals surface area contributed by atoms with Crippen molar-refractivity contribution in [1.29, 1.82) is 0 Å². The van der Waals surface area contributed by atoms with Crippen LogP contribution in [0, 0.1) is 0 Å². The number of rotatable bonds is 3. The number of thiophene rings is 1. The van der Waals surface area contributed by atoms with E-state index in [0.29, 0.717) is 5.82 Å². The summed E-state index contributed by atoms with van der Waals surface area (Å²) in [4.78, 5) is 10.7. The summed E-state index contributed by atoms with van der Waals surface area (Å²) < 4.78 is 9.17. The molecule has 4 heteroatoms. The zero-order chi connectivity index (χ0) is 32.1. The van der Waals surface area contributed by atoms with Gasteiger partial charge in [0, 0.05) is 32.3 Å². The van der Waals surface area contributed by atoms with Crippen LogP contribution in [0.5, 0.6) is 11.5 Å². The van der Waals surface area contributed by atoms with Crippen LogP contribution in [0.4, 0.5) is 0 Å². The summed E-state index contributed by atoms with van der Waals surface area (Å²) in [5.41, 5.74) is 10.8. The summed E-state index contributed by atoms with van der Waals surface area (Å²) in [6.45, 7) is 0. The maximum Gasteiger partial charge on any atom is 0.160 e. The quantitative estimate of drug-likeness (QED) is 0.192. The standard InChI is InChI=1S/C45H26N2OS/c1-2-14-29(15-3-1)45-35-21-8-6-17-31(35)32-19-11-22-37(40(32)45)48-38-26-28(24-25-36(38)45)44-46-41(33-20-10-13-27-12-4-5-16-30(27)33)43-42(47-44)34-18-7-9-23-39(34)49-43/h1-26H. The molecule has 1 aliphatic carbocycles. The summed E-state index contributed by atoms with van der Waals surface area (Å²) in [5.74, 6) is 2.40. The van der Waals surface area contributed by atoms with Gasteiger partial charge >= 0.3 is 0 Å². The minimum absolute atomic E-state index is 0.502. The lowest BCUT2D eigenvalue weighted by Crippen LogP contribution is -2.31. The Balaban J connectivity index is 1.19. The van der Waals surface area contributed by atoms with E-state index in [1.165, 1.54) is 43.3 Å². The second-order valence-corrected chi connectivity index (χ2v) is 13.9. The van der Waals surface area contributed by atoms with Crippen molar-refractivity contribution in [1.82, 2.24) is 9.97 Å². The van der Waals surface area contributed by atoms with Crippen molar-refractivity contribution in [3.05, 3.63) is 180 Å². The van der Waals surface area contributed by atoms with Crippen molar-refractivity contribution in [3.63, 3.8) is 0 Å². The van der Waals surface area contributed by atoms with Gasteiger partial charge in [0.05, 0.1) is 21.3 Å². The second kappa shape index (κ2) is 9.96. The Kier molecular flexibility index (Phi) is 5.47. The predicted molar refractivity (Wildman–Crippen MR) is 201 cm³/mol. The van der Waals surface area contributed by atoms with E-state index in [1.54, 1.807) is 11.3 Å². The average molecular weight is 643 g/mol. The van der Waals surface area contributed by atoms with Gasteiger partial charge in [-0.05, 0) is 51.2 Å². The van der Waals surface area contributed by atoms with E-state index in [-0.39, 0.29) is 0 Å². The fourth-order valence-corrected chi connectivity index (χ4v) is 9.48.